The third-order valence-electron chi connectivity index (χ3n) is 4.35. The van der Waals surface area contributed by atoms with Crippen LogP contribution in [0.2, 0.25) is 10.0 Å². The summed E-state index contributed by atoms with van der Waals surface area (Å²) in [7, 11) is -4.26. The number of halogens is 5. The lowest BCUT2D eigenvalue weighted by Crippen LogP contribution is -2.15. The number of amides is 1. The molecule has 0 aliphatic rings. The van der Waals surface area contributed by atoms with Crippen molar-refractivity contribution in [3.8, 4) is 0 Å². The summed E-state index contributed by atoms with van der Waals surface area (Å²) >= 11 is 11.4. The van der Waals surface area contributed by atoms with Crippen LogP contribution in [-0.4, -0.2) is 19.2 Å². The topological polar surface area (TPSA) is 118 Å². The number of carbonyl (C=O) groups is 1. The van der Waals surface area contributed by atoms with Gasteiger partial charge in [0.1, 0.15) is 0 Å². The lowest BCUT2D eigenvalue weighted by Gasteiger charge is -2.13. The van der Waals surface area contributed by atoms with Crippen molar-refractivity contribution in [2.75, 3.05) is 10.0 Å². The molecule has 0 saturated heterocycles. The predicted molar refractivity (Wildman–Crippen MR) is 120 cm³/mol. The number of sulfonamides is 1. The maximum absolute atomic E-state index is 13.0. The van der Waals surface area contributed by atoms with Gasteiger partial charge in [-0.1, -0.05) is 23.2 Å². The second-order valence-corrected chi connectivity index (χ2v) is 9.19. The molecule has 1 amide bonds. The molecule has 8 nitrogen and oxygen atoms in total. The SMILES string of the molecule is O=C(Nc1ccc(S(=O)(=O)Nc2ccc(Cl)c(C(F)(F)F)c2)cc1)c1ccc([N+](=O)[O-])cc1Cl. The number of carbonyl (C=O) groups excluding carboxylic acids is 1. The Morgan fingerprint density at radius 2 is 1.53 bits per heavy atom. The van der Waals surface area contributed by atoms with Crippen LogP contribution in [0.3, 0.4) is 0 Å². The van der Waals surface area contributed by atoms with E-state index in [1.54, 1.807) is 0 Å². The average Bonchev–Trinajstić information content (AvgIpc) is 2.74. The Bertz CT molecular complexity index is 1380. The van der Waals surface area contributed by atoms with Gasteiger partial charge in [-0.3, -0.25) is 19.6 Å². The molecule has 3 aromatic rings. The largest absolute Gasteiger partial charge is 0.417 e. The second kappa shape index (κ2) is 9.49. The lowest BCUT2D eigenvalue weighted by atomic mass is 10.2. The zero-order valence-electron chi connectivity index (χ0n) is 16.6. The molecule has 0 aliphatic carbocycles. The van der Waals surface area contributed by atoms with Crippen LogP contribution < -0.4 is 10.0 Å². The molecule has 0 aromatic heterocycles. The van der Waals surface area contributed by atoms with Crippen LogP contribution in [0, 0.1) is 10.1 Å². The van der Waals surface area contributed by atoms with E-state index in [1.807, 2.05) is 4.72 Å². The zero-order chi connectivity index (χ0) is 25.3. The van der Waals surface area contributed by atoms with E-state index in [2.05, 4.69) is 5.32 Å². The molecule has 0 saturated carbocycles. The third kappa shape index (κ3) is 5.76. The van der Waals surface area contributed by atoms with Gasteiger partial charge in [-0.2, -0.15) is 13.2 Å². The highest BCUT2D eigenvalue weighted by atomic mass is 35.5. The number of anilines is 2. The van der Waals surface area contributed by atoms with E-state index < -0.39 is 37.6 Å². The summed E-state index contributed by atoms with van der Waals surface area (Å²) in [6.07, 6.45) is -4.77. The van der Waals surface area contributed by atoms with Crippen molar-refractivity contribution in [1.82, 2.24) is 0 Å². The van der Waals surface area contributed by atoms with E-state index in [0.717, 1.165) is 36.4 Å². The number of non-ortho nitro benzene ring substituents is 1. The van der Waals surface area contributed by atoms with Gasteiger partial charge in [0.2, 0.25) is 0 Å². The van der Waals surface area contributed by atoms with Crippen LogP contribution in [-0.2, 0) is 16.2 Å². The number of nitro benzene ring substituents is 1. The highest BCUT2D eigenvalue weighted by Crippen LogP contribution is 2.36. The summed E-state index contributed by atoms with van der Waals surface area (Å²) in [5.41, 5.74) is -1.72. The molecule has 0 unspecified atom stereocenters. The van der Waals surface area contributed by atoms with Crippen molar-refractivity contribution in [2.45, 2.75) is 11.1 Å². The van der Waals surface area contributed by atoms with Gasteiger partial charge in [0.15, 0.2) is 0 Å². The summed E-state index contributed by atoms with van der Waals surface area (Å²) in [6.45, 7) is 0. The summed E-state index contributed by atoms with van der Waals surface area (Å²) in [4.78, 5) is 22.2. The molecular formula is C20H12Cl2F3N3O5S. The fourth-order valence-electron chi connectivity index (χ4n) is 2.74. The molecule has 14 heteroatoms. The van der Waals surface area contributed by atoms with E-state index >= 15 is 0 Å². The Hall–Kier alpha value is -3.35. The smallest absolute Gasteiger partial charge is 0.322 e. The van der Waals surface area contributed by atoms with E-state index in [9.17, 15) is 36.5 Å². The monoisotopic (exact) mass is 533 g/mol. The Morgan fingerprint density at radius 3 is 2.09 bits per heavy atom. The van der Waals surface area contributed by atoms with E-state index in [0.29, 0.717) is 6.07 Å². The molecule has 0 atom stereocenters. The van der Waals surface area contributed by atoms with Crippen molar-refractivity contribution in [3.63, 3.8) is 0 Å². The molecular weight excluding hydrogens is 522 g/mol. The number of alkyl halides is 3. The third-order valence-corrected chi connectivity index (χ3v) is 6.39. The molecule has 178 valence electrons. The van der Waals surface area contributed by atoms with E-state index in [1.165, 1.54) is 18.2 Å². The Labute approximate surface area is 200 Å². The molecule has 3 rings (SSSR count). The molecule has 3 aromatic carbocycles. The van der Waals surface area contributed by atoms with Gasteiger partial charge in [0.25, 0.3) is 21.6 Å². The Balaban J connectivity index is 1.76. The maximum atomic E-state index is 13.0. The quantitative estimate of drug-likeness (QED) is 0.298. The number of hydrogen-bond donors (Lipinski definition) is 2. The van der Waals surface area contributed by atoms with Gasteiger partial charge < -0.3 is 5.32 Å². The normalized spacial score (nSPS) is 11.7. The van der Waals surface area contributed by atoms with Crippen molar-refractivity contribution >= 4 is 56.2 Å². The minimum Gasteiger partial charge on any atom is -0.322 e. The molecule has 2 N–H and O–H groups in total. The number of nitrogens with zero attached hydrogens (tertiary/aromatic N) is 1. The van der Waals surface area contributed by atoms with Crippen LogP contribution in [0.1, 0.15) is 15.9 Å². The summed E-state index contributed by atoms with van der Waals surface area (Å²) in [5, 5.41) is 12.5. The summed E-state index contributed by atoms with van der Waals surface area (Å²) < 4.78 is 66.1. The fourth-order valence-corrected chi connectivity index (χ4v) is 4.27. The number of nitro groups is 1. The number of rotatable bonds is 6. The van der Waals surface area contributed by atoms with Gasteiger partial charge in [0.05, 0.1) is 31.0 Å². The first-order valence-electron chi connectivity index (χ1n) is 9.03. The van der Waals surface area contributed by atoms with Crippen molar-refractivity contribution in [3.05, 3.63) is 92.0 Å². The van der Waals surface area contributed by atoms with Crippen LogP contribution in [0.4, 0.5) is 30.2 Å². The molecule has 0 heterocycles. The molecule has 0 radical (unpaired) electrons. The van der Waals surface area contributed by atoms with Crippen molar-refractivity contribution in [1.29, 1.82) is 0 Å². The summed E-state index contributed by atoms with van der Waals surface area (Å²) in [6, 6.07) is 10.6. The molecule has 0 bridgehead atoms. The highest BCUT2D eigenvalue weighted by Gasteiger charge is 2.33. The first-order chi connectivity index (χ1) is 15.8. The Morgan fingerprint density at radius 1 is 0.912 bits per heavy atom. The van der Waals surface area contributed by atoms with Crippen molar-refractivity contribution < 1.29 is 31.3 Å². The summed E-state index contributed by atoms with van der Waals surface area (Å²) in [5.74, 6) is -0.700. The first-order valence-corrected chi connectivity index (χ1v) is 11.3. The molecule has 0 fully saturated rings. The first kappa shape index (κ1) is 25.3. The van der Waals surface area contributed by atoms with E-state index in [4.69, 9.17) is 23.2 Å². The highest BCUT2D eigenvalue weighted by molar-refractivity contribution is 7.92. The standard InChI is InChI=1S/C20H12Cl2F3N3O5S/c21-17-8-3-12(9-16(17)20(23,24)25)27-34(32,33)14-5-1-11(2-6-14)26-19(29)15-7-4-13(28(30)31)10-18(15)22/h1-10,27H,(H,26,29). The minimum atomic E-state index is -4.77. The minimum absolute atomic E-state index is 0.0474. The predicted octanol–water partition coefficient (Wildman–Crippen LogP) is 5.97. The number of hydrogen-bond acceptors (Lipinski definition) is 5. The van der Waals surface area contributed by atoms with Crippen LogP contribution in [0.25, 0.3) is 0 Å². The Kier molecular flexibility index (Phi) is 7.05. The average molecular weight is 534 g/mol. The molecule has 0 aliphatic heterocycles. The van der Waals surface area contributed by atoms with Gasteiger partial charge >= 0.3 is 6.18 Å². The maximum Gasteiger partial charge on any atom is 0.417 e. The van der Waals surface area contributed by atoms with Gasteiger partial charge in [-0.05, 0) is 48.5 Å². The molecule has 0 spiro atoms. The lowest BCUT2D eigenvalue weighted by molar-refractivity contribution is -0.384. The molecule has 34 heavy (non-hydrogen) atoms. The van der Waals surface area contributed by atoms with Gasteiger partial charge in [-0.15, -0.1) is 0 Å². The number of nitrogens with one attached hydrogen (secondary N) is 2. The zero-order valence-corrected chi connectivity index (χ0v) is 18.9. The van der Waals surface area contributed by atoms with Crippen LogP contribution in [0.15, 0.2) is 65.6 Å². The fraction of sp³-hybridized carbons (Fsp3) is 0.0500. The van der Waals surface area contributed by atoms with Crippen molar-refractivity contribution in [2.24, 2.45) is 0 Å². The van der Waals surface area contributed by atoms with Crippen LogP contribution >= 0.6 is 23.2 Å². The van der Waals surface area contributed by atoms with Crippen LogP contribution in [0.5, 0.6) is 0 Å². The number of benzene rings is 3. The van der Waals surface area contributed by atoms with Gasteiger partial charge in [0, 0.05) is 23.5 Å². The second-order valence-electron chi connectivity index (χ2n) is 6.70. The van der Waals surface area contributed by atoms with Gasteiger partial charge in [-0.25, -0.2) is 8.42 Å². The van der Waals surface area contributed by atoms with E-state index in [-0.39, 0.29) is 32.5 Å².